The number of likely N-dealkylation sites (tertiary alicyclic amines) is 1. The Hall–Kier alpha value is -3.60. The number of alkyl halides is 3. The van der Waals surface area contributed by atoms with Crippen molar-refractivity contribution >= 4 is 28.3 Å². The van der Waals surface area contributed by atoms with Gasteiger partial charge in [0.2, 0.25) is 0 Å². The standard InChI is InChI=1S/C26H28F3N5O3/c1-13(15-4-18(26(27,28)29)6-19(30)5-15)31-24-20-8-23(36-3)21(7-22(20)32-14(2)33-24)25(35)34-9-16-11-37-12-17(16)10-34/h4-8,13,16-17H,9-12,30H2,1-3H3,(H,31,32,33). The smallest absolute Gasteiger partial charge is 0.416 e. The van der Waals surface area contributed by atoms with Crippen molar-refractivity contribution in [3.05, 3.63) is 52.8 Å². The minimum Gasteiger partial charge on any atom is -0.496 e. The summed E-state index contributed by atoms with van der Waals surface area (Å²) in [5, 5.41) is 3.77. The van der Waals surface area contributed by atoms with Crippen LogP contribution >= 0.6 is 0 Å². The number of nitrogens with two attached hydrogens (primary N) is 1. The van der Waals surface area contributed by atoms with Crippen molar-refractivity contribution in [3.63, 3.8) is 0 Å². The highest BCUT2D eigenvalue weighted by atomic mass is 19.4. The maximum atomic E-state index is 13.4. The Kier molecular flexibility index (Phi) is 6.35. The normalized spacial score (nSPS) is 20.2. The minimum atomic E-state index is -4.51. The molecule has 3 heterocycles. The molecule has 0 bridgehead atoms. The highest BCUT2D eigenvalue weighted by molar-refractivity contribution is 6.03. The molecule has 1 aromatic heterocycles. The predicted molar refractivity (Wildman–Crippen MR) is 132 cm³/mol. The number of benzene rings is 2. The van der Waals surface area contributed by atoms with Gasteiger partial charge in [-0.1, -0.05) is 0 Å². The monoisotopic (exact) mass is 515 g/mol. The molecule has 2 aliphatic heterocycles. The number of carbonyl (C=O) groups excluding carboxylic acids is 1. The fraction of sp³-hybridized carbons (Fsp3) is 0.423. The maximum absolute atomic E-state index is 13.4. The van der Waals surface area contributed by atoms with E-state index in [0.29, 0.717) is 77.6 Å². The molecule has 0 spiro atoms. The first kappa shape index (κ1) is 25.1. The van der Waals surface area contributed by atoms with Crippen molar-refractivity contribution in [2.24, 2.45) is 11.8 Å². The molecule has 0 aliphatic carbocycles. The largest absolute Gasteiger partial charge is 0.496 e. The summed E-state index contributed by atoms with van der Waals surface area (Å²) >= 11 is 0. The summed E-state index contributed by atoms with van der Waals surface area (Å²) in [5.41, 5.74) is 6.24. The average Bonchev–Trinajstić information content (AvgIpc) is 3.44. The maximum Gasteiger partial charge on any atom is 0.416 e. The van der Waals surface area contributed by atoms with E-state index in [1.807, 2.05) is 4.90 Å². The summed E-state index contributed by atoms with van der Waals surface area (Å²) in [7, 11) is 1.49. The molecule has 2 fully saturated rings. The first-order valence-electron chi connectivity index (χ1n) is 12.0. The van der Waals surface area contributed by atoms with Gasteiger partial charge in [0.1, 0.15) is 17.4 Å². The molecule has 0 radical (unpaired) electrons. The van der Waals surface area contributed by atoms with E-state index >= 15 is 0 Å². The minimum absolute atomic E-state index is 0.0182. The quantitative estimate of drug-likeness (QED) is 0.485. The highest BCUT2D eigenvalue weighted by Gasteiger charge is 2.40. The summed E-state index contributed by atoms with van der Waals surface area (Å²) in [6.07, 6.45) is -4.51. The number of rotatable bonds is 5. The van der Waals surface area contributed by atoms with Crippen molar-refractivity contribution < 1.29 is 27.4 Å². The van der Waals surface area contributed by atoms with Gasteiger partial charge in [0, 0.05) is 36.0 Å². The fourth-order valence-electron chi connectivity index (χ4n) is 5.12. The number of aryl methyl sites for hydroxylation is 1. The molecular weight excluding hydrogens is 487 g/mol. The lowest BCUT2D eigenvalue weighted by Crippen LogP contribution is -2.30. The molecule has 8 nitrogen and oxygen atoms in total. The summed E-state index contributed by atoms with van der Waals surface area (Å²) in [5.74, 6) is 1.80. The second kappa shape index (κ2) is 9.37. The number of methoxy groups -OCH3 is 1. The lowest BCUT2D eigenvalue weighted by Gasteiger charge is -2.21. The highest BCUT2D eigenvalue weighted by Crippen LogP contribution is 2.36. The Labute approximate surface area is 212 Å². The Morgan fingerprint density at radius 2 is 1.86 bits per heavy atom. The number of nitrogens with zero attached hydrogens (tertiary/aromatic N) is 3. The van der Waals surface area contributed by atoms with Crippen molar-refractivity contribution in [1.29, 1.82) is 0 Å². The number of hydrogen-bond donors (Lipinski definition) is 2. The van der Waals surface area contributed by atoms with Crippen LogP contribution in [0.3, 0.4) is 0 Å². The summed E-state index contributed by atoms with van der Waals surface area (Å²) in [6, 6.07) is 6.30. The molecule has 37 heavy (non-hydrogen) atoms. The summed E-state index contributed by atoms with van der Waals surface area (Å²) in [6.45, 7) is 6.04. The number of aromatic nitrogens is 2. The van der Waals surface area contributed by atoms with Gasteiger partial charge >= 0.3 is 6.18 Å². The van der Waals surface area contributed by atoms with E-state index in [-0.39, 0.29) is 11.6 Å². The number of nitrogen functional groups attached to an aromatic ring is 1. The molecule has 3 N–H and O–H groups in total. The van der Waals surface area contributed by atoms with Crippen molar-refractivity contribution in [1.82, 2.24) is 14.9 Å². The molecule has 11 heteroatoms. The Balaban J connectivity index is 1.48. The molecule has 0 saturated carbocycles. The van der Waals surface area contributed by atoms with Crippen LogP contribution in [0.5, 0.6) is 5.75 Å². The number of ether oxygens (including phenoxy) is 2. The summed E-state index contributed by atoms with van der Waals surface area (Å²) in [4.78, 5) is 24.2. The van der Waals surface area contributed by atoms with E-state index in [1.54, 1.807) is 26.0 Å². The van der Waals surface area contributed by atoms with Crippen LogP contribution in [0, 0.1) is 18.8 Å². The zero-order chi connectivity index (χ0) is 26.5. The number of carbonyl (C=O) groups is 1. The number of nitrogens with one attached hydrogen (secondary N) is 1. The number of anilines is 2. The van der Waals surface area contributed by atoms with Gasteiger partial charge in [-0.2, -0.15) is 13.2 Å². The van der Waals surface area contributed by atoms with Crippen LogP contribution < -0.4 is 15.8 Å². The van der Waals surface area contributed by atoms with Crippen molar-refractivity contribution in [3.8, 4) is 5.75 Å². The Morgan fingerprint density at radius 3 is 2.51 bits per heavy atom. The van der Waals surface area contributed by atoms with Crippen molar-refractivity contribution in [2.75, 3.05) is 44.5 Å². The number of fused-ring (bicyclic) bond motifs is 2. The third-order valence-electron chi connectivity index (χ3n) is 7.04. The molecule has 2 aliphatic rings. The van der Waals surface area contributed by atoms with Crippen molar-refractivity contribution in [2.45, 2.75) is 26.1 Å². The topological polar surface area (TPSA) is 103 Å². The van der Waals surface area contributed by atoms with Gasteiger partial charge in [0.25, 0.3) is 5.91 Å². The van der Waals surface area contributed by atoms with Crippen LogP contribution in [0.4, 0.5) is 24.7 Å². The van der Waals surface area contributed by atoms with Gasteiger partial charge < -0.3 is 25.4 Å². The average molecular weight is 516 g/mol. The molecule has 3 aromatic rings. The van der Waals surface area contributed by atoms with Gasteiger partial charge in [0.05, 0.1) is 43.0 Å². The van der Waals surface area contributed by atoms with Crippen LogP contribution in [-0.4, -0.2) is 54.2 Å². The van der Waals surface area contributed by atoms with E-state index in [9.17, 15) is 18.0 Å². The lowest BCUT2D eigenvalue weighted by atomic mass is 10.0. The van der Waals surface area contributed by atoms with E-state index < -0.39 is 17.8 Å². The first-order chi connectivity index (χ1) is 17.5. The predicted octanol–water partition coefficient (Wildman–Crippen LogP) is 4.44. The molecule has 3 unspecified atom stereocenters. The van der Waals surface area contributed by atoms with Crippen LogP contribution in [0.25, 0.3) is 10.9 Å². The molecule has 2 aromatic carbocycles. The van der Waals surface area contributed by atoms with E-state index in [4.69, 9.17) is 15.2 Å². The number of amides is 1. The number of hydrogen-bond acceptors (Lipinski definition) is 7. The first-order valence-corrected chi connectivity index (χ1v) is 12.0. The van der Waals surface area contributed by atoms with Gasteiger partial charge in [-0.3, -0.25) is 4.79 Å². The van der Waals surface area contributed by atoms with E-state index in [1.165, 1.54) is 13.2 Å². The molecule has 1 amide bonds. The second-order valence-corrected chi connectivity index (χ2v) is 9.71. The zero-order valence-electron chi connectivity index (χ0n) is 20.7. The van der Waals surface area contributed by atoms with Crippen LogP contribution in [0.1, 0.15) is 40.3 Å². The van der Waals surface area contributed by atoms with Gasteiger partial charge in [-0.05, 0) is 49.7 Å². The molecule has 5 rings (SSSR count). The van der Waals surface area contributed by atoms with Gasteiger partial charge in [0.15, 0.2) is 0 Å². The van der Waals surface area contributed by atoms with E-state index in [2.05, 4.69) is 15.3 Å². The van der Waals surface area contributed by atoms with Gasteiger partial charge in [-0.25, -0.2) is 9.97 Å². The SMILES string of the molecule is COc1cc2c(NC(C)c3cc(N)cc(C(F)(F)F)c3)nc(C)nc2cc1C(=O)N1CC2COCC2C1. The molecule has 196 valence electrons. The van der Waals surface area contributed by atoms with Crippen LogP contribution in [-0.2, 0) is 10.9 Å². The molecular formula is C26H28F3N5O3. The Bertz CT molecular complexity index is 1350. The second-order valence-electron chi connectivity index (χ2n) is 9.71. The zero-order valence-corrected chi connectivity index (χ0v) is 20.7. The van der Waals surface area contributed by atoms with E-state index in [0.717, 1.165) is 12.1 Å². The molecule has 3 atom stereocenters. The Morgan fingerprint density at radius 1 is 1.16 bits per heavy atom. The molecule has 2 saturated heterocycles. The summed E-state index contributed by atoms with van der Waals surface area (Å²) < 4.78 is 51.0. The third-order valence-corrected chi connectivity index (χ3v) is 7.04. The number of halogens is 3. The van der Waals surface area contributed by atoms with Crippen LogP contribution in [0.15, 0.2) is 30.3 Å². The lowest BCUT2D eigenvalue weighted by molar-refractivity contribution is -0.137. The van der Waals surface area contributed by atoms with Crippen LogP contribution in [0.2, 0.25) is 0 Å². The van der Waals surface area contributed by atoms with Gasteiger partial charge in [-0.15, -0.1) is 0 Å². The fourth-order valence-corrected chi connectivity index (χ4v) is 5.12. The third kappa shape index (κ3) is 4.87.